The molecule has 0 unspecified atom stereocenters. The fourth-order valence-electron chi connectivity index (χ4n) is 5.76. The number of phenols is 1. The van der Waals surface area contributed by atoms with E-state index < -0.39 is 71.8 Å². The monoisotopic (exact) mass is 764 g/mol. The minimum absolute atomic E-state index is 0.0152. The highest BCUT2D eigenvalue weighted by molar-refractivity contribution is 5.91. The molecule has 0 spiro atoms. The van der Waals surface area contributed by atoms with Gasteiger partial charge in [-0.15, -0.1) is 6.58 Å². The molecule has 0 bridgehead atoms. The maximum Gasteiger partial charge on any atom is 0.408 e. The van der Waals surface area contributed by atoms with Crippen LogP contribution in [0.2, 0.25) is 0 Å². The number of carbonyl (C=O) groups excluding carboxylic acids is 5. The number of amides is 4. The van der Waals surface area contributed by atoms with Gasteiger partial charge in [0.15, 0.2) is 6.29 Å². The van der Waals surface area contributed by atoms with Crippen LogP contribution in [0, 0.1) is 11.8 Å². The van der Waals surface area contributed by atoms with E-state index in [0.29, 0.717) is 12.0 Å². The van der Waals surface area contributed by atoms with E-state index in [0.717, 1.165) is 5.56 Å². The van der Waals surface area contributed by atoms with E-state index in [2.05, 4.69) is 27.8 Å². The SMILES string of the molecule is C=CCO[C@H]1O[C@H](CNC(=O)[C@@H](Cc2ccc(O)cc2)NC(=O)OC(C)(C)C)C=C[C@@H]1CC(=O)N[C@@H](Cc1ccccc1)C(=O)N[C@@H](CC(C)C)C(=O)OC. The molecule has 0 saturated heterocycles. The van der Waals surface area contributed by atoms with Crippen LogP contribution >= 0.6 is 0 Å². The third-order valence-corrected chi connectivity index (χ3v) is 8.34. The van der Waals surface area contributed by atoms with Gasteiger partial charge >= 0.3 is 12.1 Å². The first-order valence-electron chi connectivity index (χ1n) is 18.4. The molecule has 1 aliphatic rings. The van der Waals surface area contributed by atoms with Crippen molar-refractivity contribution in [3.63, 3.8) is 0 Å². The summed E-state index contributed by atoms with van der Waals surface area (Å²) in [5.41, 5.74) is 0.726. The number of aromatic hydroxyl groups is 1. The maximum atomic E-state index is 13.6. The molecule has 14 heteroatoms. The molecule has 0 radical (unpaired) electrons. The Labute approximate surface area is 323 Å². The third kappa shape index (κ3) is 16.0. The molecule has 2 aromatic carbocycles. The first-order chi connectivity index (χ1) is 26.1. The molecule has 0 fully saturated rings. The Kier molecular flexibility index (Phi) is 17.4. The summed E-state index contributed by atoms with van der Waals surface area (Å²) in [6, 6.07) is 12.6. The smallest absolute Gasteiger partial charge is 0.408 e. The highest BCUT2D eigenvalue weighted by atomic mass is 16.7. The van der Waals surface area contributed by atoms with Crippen LogP contribution in [-0.4, -0.2) is 91.3 Å². The van der Waals surface area contributed by atoms with Crippen molar-refractivity contribution in [2.45, 2.75) is 96.4 Å². The van der Waals surface area contributed by atoms with Crippen LogP contribution in [0.15, 0.2) is 79.4 Å². The standard InChI is InChI=1S/C41H56N4O10/c1-8-20-53-39-29(24-35(47)43-33(22-27-12-10-9-11-13-27)37(49)44-34(21-26(2)3)38(50)52-7)16-19-31(54-39)25-42-36(48)32(45-40(51)55-41(4,5)6)23-28-14-17-30(46)18-15-28/h8-19,26,29,31-34,39,46H,1,20-25H2,2-7H3,(H,42,48)(H,43,47)(H,44,49)(H,45,51)/t29-,31+,32-,33+,34+,39+/m1/s1. The van der Waals surface area contributed by atoms with Crippen LogP contribution in [0.3, 0.4) is 0 Å². The molecule has 2 aromatic rings. The number of phenolic OH excluding ortho intramolecular Hbond substituents is 1. The van der Waals surface area contributed by atoms with Crippen molar-refractivity contribution in [2.24, 2.45) is 11.8 Å². The third-order valence-electron chi connectivity index (χ3n) is 8.34. The highest BCUT2D eigenvalue weighted by Gasteiger charge is 2.33. The summed E-state index contributed by atoms with van der Waals surface area (Å²) in [6.45, 7) is 12.8. The number of alkyl carbamates (subject to hydrolysis) is 1. The van der Waals surface area contributed by atoms with Gasteiger partial charge in [0, 0.05) is 31.7 Å². The Morgan fingerprint density at radius 1 is 0.873 bits per heavy atom. The van der Waals surface area contributed by atoms with Crippen LogP contribution < -0.4 is 21.3 Å². The Balaban J connectivity index is 1.71. The molecule has 6 atom stereocenters. The van der Waals surface area contributed by atoms with Crippen molar-refractivity contribution < 1.29 is 48.0 Å². The van der Waals surface area contributed by atoms with Gasteiger partial charge in [-0.25, -0.2) is 9.59 Å². The van der Waals surface area contributed by atoms with Gasteiger partial charge < -0.3 is 45.3 Å². The highest BCUT2D eigenvalue weighted by Crippen LogP contribution is 2.24. The molecular formula is C41H56N4O10. The lowest BCUT2D eigenvalue weighted by Crippen LogP contribution is -2.53. The van der Waals surface area contributed by atoms with Crippen LogP contribution in [0.1, 0.15) is 58.6 Å². The second-order valence-corrected chi connectivity index (χ2v) is 14.8. The number of benzene rings is 2. The minimum Gasteiger partial charge on any atom is -0.508 e. The number of esters is 1. The van der Waals surface area contributed by atoms with Gasteiger partial charge in [0.25, 0.3) is 0 Å². The first kappa shape index (κ1) is 44.2. The summed E-state index contributed by atoms with van der Waals surface area (Å²) in [5, 5.41) is 20.7. The zero-order valence-electron chi connectivity index (χ0n) is 32.5. The molecule has 1 heterocycles. The molecule has 300 valence electrons. The van der Waals surface area contributed by atoms with Crippen LogP contribution in [0.4, 0.5) is 4.79 Å². The average Bonchev–Trinajstić information content (AvgIpc) is 3.12. The summed E-state index contributed by atoms with van der Waals surface area (Å²) in [7, 11) is 1.26. The predicted octanol–water partition coefficient (Wildman–Crippen LogP) is 3.87. The van der Waals surface area contributed by atoms with Gasteiger partial charge in [-0.2, -0.15) is 0 Å². The van der Waals surface area contributed by atoms with Gasteiger partial charge in [-0.05, 0) is 56.4 Å². The van der Waals surface area contributed by atoms with Crippen molar-refractivity contribution in [1.82, 2.24) is 21.3 Å². The molecule has 0 aromatic heterocycles. The molecule has 0 saturated carbocycles. The number of hydrogen-bond donors (Lipinski definition) is 5. The van der Waals surface area contributed by atoms with Crippen molar-refractivity contribution in [1.29, 1.82) is 0 Å². The van der Waals surface area contributed by atoms with Crippen LogP contribution in [0.25, 0.3) is 0 Å². The molecule has 3 rings (SSSR count). The lowest BCUT2D eigenvalue weighted by molar-refractivity contribution is -0.182. The Morgan fingerprint density at radius 3 is 2.11 bits per heavy atom. The van der Waals surface area contributed by atoms with Gasteiger partial charge in [0.1, 0.15) is 29.5 Å². The molecule has 55 heavy (non-hydrogen) atoms. The normalized spacial score (nSPS) is 18.3. The molecule has 0 aliphatic carbocycles. The van der Waals surface area contributed by atoms with Crippen molar-refractivity contribution in [3.05, 3.63) is 90.5 Å². The zero-order valence-corrected chi connectivity index (χ0v) is 32.5. The first-order valence-corrected chi connectivity index (χ1v) is 18.4. The second-order valence-electron chi connectivity index (χ2n) is 14.8. The van der Waals surface area contributed by atoms with E-state index in [9.17, 15) is 29.1 Å². The number of ether oxygens (including phenoxy) is 4. The van der Waals surface area contributed by atoms with E-state index in [4.69, 9.17) is 18.9 Å². The van der Waals surface area contributed by atoms with Crippen molar-refractivity contribution in [2.75, 3.05) is 20.3 Å². The van der Waals surface area contributed by atoms with E-state index in [1.807, 2.05) is 44.2 Å². The van der Waals surface area contributed by atoms with Crippen LogP contribution in [0.5, 0.6) is 5.75 Å². The van der Waals surface area contributed by atoms with E-state index in [1.165, 1.54) is 19.2 Å². The molecule has 4 amide bonds. The quantitative estimate of drug-likeness (QED) is 0.104. The maximum absolute atomic E-state index is 13.6. The Morgan fingerprint density at radius 2 is 1.51 bits per heavy atom. The predicted molar refractivity (Wildman–Crippen MR) is 206 cm³/mol. The Bertz CT molecular complexity index is 1610. The lowest BCUT2D eigenvalue weighted by atomic mass is 9.98. The molecule has 14 nitrogen and oxygen atoms in total. The summed E-state index contributed by atoms with van der Waals surface area (Å²) in [5.74, 6) is -2.44. The minimum atomic E-state index is -1.01. The molecular weight excluding hydrogens is 708 g/mol. The fourth-order valence-corrected chi connectivity index (χ4v) is 5.76. The van der Waals surface area contributed by atoms with Gasteiger partial charge in [0.05, 0.1) is 19.8 Å². The number of carbonyl (C=O) groups is 5. The number of nitrogens with one attached hydrogen (secondary N) is 4. The zero-order chi connectivity index (χ0) is 40.5. The number of hydrogen-bond acceptors (Lipinski definition) is 10. The van der Waals surface area contributed by atoms with E-state index >= 15 is 0 Å². The van der Waals surface area contributed by atoms with Gasteiger partial charge in [-0.3, -0.25) is 14.4 Å². The fraction of sp³-hybridized carbons (Fsp3) is 0.488. The summed E-state index contributed by atoms with van der Waals surface area (Å²) in [6.07, 6.45) is 3.27. The summed E-state index contributed by atoms with van der Waals surface area (Å²) < 4.78 is 22.3. The topological polar surface area (TPSA) is 191 Å². The summed E-state index contributed by atoms with van der Waals surface area (Å²) >= 11 is 0. The van der Waals surface area contributed by atoms with E-state index in [1.54, 1.807) is 51.1 Å². The van der Waals surface area contributed by atoms with Crippen molar-refractivity contribution in [3.8, 4) is 5.75 Å². The average molecular weight is 765 g/mol. The van der Waals surface area contributed by atoms with Crippen LogP contribution in [-0.2, 0) is 51.0 Å². The summed E-state index contributed by atoms with van der Waals surface area (Å²) in [4.78, 5) is 65.6. The largest absolute Gasteiger partial charge is 0.508 e. The number of methoxy groups -OCH3 is 1. The molecule has 5 N–H and O–H groups in total. The number of rotatable bonds is 19. The van der Waals surface area contributed by atoms with Crippen molar-refractivity contribution >= 4 is 29.8 Å². The Hall–Kier alpha value is -5.21. The van der Waals surface area contributed by atoms with E-state index in [-0.39, 0.29) is 44.1 Å². The second kappa shape index (κ2) is 21.6. The molecule has 1 aliphatic heterocycles. The lowest BCUT2D eigenvalue weighted by Gasteiger charge is -2.32. The van der Waals surface area contributed by atoms with Gasteiger partial charge in [-0.1, -0.05) is 74.5 Å². The van der Waals surface area contributed by atoms with Gasteiger partial charge in [0.2, 0.25) is 17.7 Å².